The Morgan fingerprint density at radius 2 is 2.45 bits per heavy atom. The summed E-state index contributed by atoms with van der Waals surface area (Å²) in [7, 11) is 1.35. The summed E-state index contributed by atoms with van der Waals surface area (Å²) in [6.45, 7) is 2.29. The number of hydrogen-bond donors (Lipinski definition) is 0. The van der Waals surface area contributed by atoms with E-state index >= 15 is 0 Å². The summed E-state index contributed by atoms with van der Waals surface area (Å²) in [6.07, 6.45) is -0.550. The number of methoxy groups -OCH3 is 1. The van der Waals surface area contributed by atoms with Gasteiger partial charge in [-0.05, 0) is 17.7 Å². The molecule has 2 rings (SSSR count). The molecule has 5 nitrogen and oxygen atoms in total. The topological polar surface area (TPSA) is 62.6 Å². The summed E-state index contributed by atoms with van der Waals surface area (Å²) in [5.41, 5.74) is 1.46. The maximum Gasteiger partial charge on any atom is 0.336 e. The van der Waals surface area contributed by atoms with Crippen LogP contribution in [0.15, 0.2) is 18.2 Å². The molecule has 1 unspecified atom stereocenters. The molecule has 0 aliphatic carbocycles. The zero-order valence-corrected chi connectivity index (χ0v) is 11.9. The SMILES string of the molecule is COC(=O)C1CN(Cc2ccc(C#N)cc2Cl)CCO1. The Morgan fingerprint density at radius 1 is 1.65 bits per heavy atom. The quantitative estimate of drug-likeness (QED) is 0.792. The van der Waals surface area contributed by atoms with Crippen molar-refractivity contribution in [2.75, 3.05) is 26.8 Å². The van der Waals surface area contributed by atoms with Gasteiger partial charge in [0.1, 0.15) is 0 Å². The maximum absolute atomic E-state index is 11.5. The molecular formula is C14H15ClN2O3. The normalized spacial score (nSPS) is 19.4. The lowest BCUT2D eigenvalue weighted by Gasteiger charge is -2.31. The largest absolute Gasteiger partial charge is 0.467 e. The molecule has 20 heavy (non-hydrogen) atoms. The number of hydrogen-bond acceptors (Lipinski definition) is 5. The van der Waals surface area contributed by atoms with Crippen LogP contribution < -0.4 is 0 Å². The van der Waals surface area contributed by atoms with Crippen molar-refractivity contribution in [1.29, 1.82) is 5.26 Å². The molecule has 106 valence electrons. The van der Waals surface area contributed by atoms with Gasteiger partial charge < -0.3 is 9.47 Å². The lowest BCUT2D eigenvalue weighted by atomic mass is 10.1. The highest BCUT2D eigenvalue weighted by Crippen LogP contribution is 2.20. The van der Waals surface area contributed by atoms with Gasteiger partial charge in [-0.2, -0.15) is 5.26 Å². The Balaban J connectivity index is 2.03. The smallest absolute Gasteiger partial charge is 0.336 e. The summed E-state index contributed by atoms with van der Waals surface area (Å²) in [5, 5.41) is 9.37. The van der Waals surface area contributed by atoms with Gasteiger partial charge in [0.25, 0.3) is 0 Å². The standard InChI is InChI=1S/C14H15ClN2O3/c1-19-14(18)13-9-17(4-5-20-13)8-11-3-2-10(7-16)6-12(11)15/h2-3,6,13H,4-5,8-9H2,1H3. The number of halogens is 1. The van der Waals surface area contributed by atoms with Gasteiger partial charge in [0.2, 0.25) is 0 Å². The van der Waals surface area contributed by atoms with E-state index in [0.717, 1.165) is 12.1 Å². The molecule has 1 fully saturated rings. The average molecular weight is 295 g/mol. The molecule has 0 spiro atoms. The third-order valence-electron chi connectivity index (χ3n) is 3.19. The number of carbonyl (C=O) groups excluding carboxylic acids is 1. The molecule has 1 saturated heterocycles. The predicted molar refractivity (Wildman–Crippen MR) is 73.2 cm³/mol. The highest BCUT2D eigenvalue weighted by Gasteiger charge is 2.27. The summed E-state index contributed by atoms with van der Waals surface area (Å²) >= 11 is 6.15. The van der Waals surface area contributed by atoms with Gasteiger partial charge in [0, 0.05) is 24.7 Å². The van der Waals surface area contributed by atoms with E-state index in [-0.39, 0.29) is 5.97 Å². The molecule has 1 atom stereocenters. The van der Waals surface area contributed by atoms with Crippen molar-refractivity contribution in [2.24, 2.45) is 0 Å². The van der Waals surface area contributed by atoms with E-state index in [4.69, 9.17) is 21.6 Å². The van der Waals surface area contributed by atoms with Gasteiger partial charge in [-0.25, -0.2) is 4.79 Å². The summed E-state index contributed by atoms with van der Waals surface area (Å²) < 4.78 is 10.1. The van der Waals surface area contributed by atoms with E-state index < -0.39 is 6.10 Å². The van der Waals surface area contributed by atoms with Crippen molar-refractivity contribution in [3.05, 3.63) is 34.3 Å². The second-order valence-electron chi connectivity index (χ2n) is 4.54. The first-order valence-electron chi connectivity index (χ1n) is 6.24. The monoisotopic (exact) mass is 294 g/mol. The van der Waals surface area contributed by atoms with Crippen LogP contribution in [0.2, 0.25) is 5.02 Å². The Hall–Kier alpha value is -1.61. The molecule has 1 aromatic rings. The van der Waals surface area contributed by atoms with Gasteiger partial charge in [0.05, 0.1) is 25.3 Å². The van der Waals surface area contributed by atoms with Crippen molar-refractivity contribution in [3.63, 3.8) is 0 Å². The Kier molecular flexibility index (Phi) is 4.96. The molecule has 0 aromatic heterocycles. The molecule has 1 aromatic carbocycles. The van der Waals surface area contributed by atoms with Gasteiger partial charge in [-0.3, -0.25) is 4.90 Å². The van der Waals surface area contributed by atoms with Crippen LogP contribution in [-0.4, -0.2) is 43.8 Å². The minimum Gasteiger partial charge on any atom is -0.467 e. The predicted octanol–water partition coefficient (Wildman–Crippen LogP) is 1.59. The van der Waals surface area contributed by atoms with E-state index in [1.54, 1.807) is 12.1 Å². The number of morpholine rings is 1. The minimum atomic E-state index is -0.550. The van der Waals surface area contributed by atoms with Crippen LogP contribution in [0.5, 0.6) is 0 Å². The van der Waals surface area contributed by atoms with Crippen LogP contribution in [0.4, 0.5) is 0 Å². The second kappa shape index (κ2) is 6.71. The zero-order chi connectivity index (χ0) is 14.5. The van der Waals surface area contributed by atoms with E-state index in [1.807, 2.05) is 12.1 Å². The first-order valence-corrected chi connectivity index (χ1v) is 6.62. The fraction of sp³-hybridized carbons (Fsp3) is 0.429. The van der Waals surface area contributed by atoms with E-state index in [9.17, 15) is 4.79 Å². The van der Waals surface area contributed by atoms with Gasteiger partial charge in [-0.1, -0.05) is 17.7 Å². The lowest BCUT2D eigenvalue weighted by molar-refractivity contribution is -0.160. The molecule has 0 bridgehead atoms. The van der Waals surface area contributed by atoms with Gasteiger partial charge >= 0.3 is 5.97 Å². The number of nitriles is 1. The number of ether oxygens (including phenoxy) is 2. The molecule has 0 saturated carbocycles. The molecule has 1 aliphatic heterocycles. The van der Waals surface area contributed by atoms with Crippen LogP contribution in [0.25, 0.3) is 0 Å². The van der Waals surface area contributed by atoms with Crippen molar-refractivity contribution in [3.8, 4) is 6.07 Å². The molecule has 1 heterocycles. The molecule has 0 radical (unpaired) electrons. The van der Waals surface area contributed by atoms with E-state index in [1.165, 1.54) is 7.11 Å². The van der Waals surface area contributed by atoms with Crippen molar-refractivity contribution in [2.45, 2.75) is 12.6 Å². The van der Waals surface area contributed by atoms with Crippen LogP contribution in [0, 0.1) is 11.3 Å². The van der Waals surface area contributed by atoms with Gasteiger partial charge in [0.15, 0.2) is 6.10 Å². The van der Waals surface area contributed by atoms with E-state index in [2.05, 4.69) is 9.64 Å². The third-order valence-corrected chi connectivity index (χ3v) is 3.54. The van der Waals surface area contributed by atoms with Crippen molar-refractivity contribution in [1.82, 2.24) is 4.90 Å². The molecule has 0 N–H and O–H groups in total. The fourth-order valence-electron chi connectivity index (χ4n) is 2.11. The number of rotatable bonds is 3. The molecular weight excluding hydrogens is 280 g/mol. The summed E-state index contributed by atoms with van der Waals surface area (Å²) in [6, 6.07) is 7.27. The number of nitrogens with zero attached hydrogens (tertiary/aromatic N) is 2. The van der Waals surface area contributed by atoms with E-state index in [0.29, 0.717) is 30.3 Å². The fourth-order valence-corrected chi connectivity index (χ4v) is 2.35. The highest BCUT2D eigenvalue weighted by molar-refractivity contribution is 6.31. The minimum absolute atomic E-state index is 0.361. The highest BCUT2D eigenvalue weighted by atomic mass is 35.5. The first kappa shape index (κ1) is 14.8. The van der Waals surface area contributed by atoms with Crippen LogP contribution in [0.1, 0.15) is 11.1 Å². The zero-order valence-electron chi connectivity index (χ0n) is 11.1. The average Bonchev–Trinajstić information content (AvgIpc) is 2.48. The van der Waals surface area contributed by atoms with Crippen molar-refractivity contribution < 1.29 is 14.3 Å². The molecule has 1 aliphatic rings. The molecule has 6 heteroatoms. The van der Waals surface area contributed by atoms with Crippen LogP contribution in [-0.2, 0) is 20.8 Å². The third kappa shape index (κ3) is 3.48. The number of esters is 1. The number of benzene rings is 1. The van der Waals surface area contributed by atoms with Crippen LogP contribution in [0.3, 0.4) is 0 Å². The van der Waals surface area contributed by atoms with Crippen LogP contribution >= 0.6 is 11.6 Å². The Bertz CT molecular complexity index is 542. The Morgan fingerprint density at radius 3 is 3.10 bits per heavy atom. The Labute approximate surface area is 122 Å². The van der Waals surface area contributed by atoms with Crippen molar-refractivity contribution >= 4 is 17.6 Å². The first-order chi connectivity index (χ1) is 9.63. The second-order valence-corrected chi connectivity index (χ2v) is 4.94. The maximum atomic E-state index is 11.5. The summed E-state index contributed by atoms with van der Waals surface area (Å²) in [4.78, 5) is 13.6. The lowest BCUT2D eigenvalue weighted by Crippen LogP contribution is -2.46. The van der Waals surface area contributed by atoms with Gasteiger partial charge in [-0.15, -0.1) is 0 Å². The summed E-state index contributed by atoms with van der Waals surface area (Å²) in [5.74, 6) is -0.361. The molecule has 0 amide bonds. The number of carbonyl (C=O) groups is 1.